The van der Waals surface area contributed by atoms with Gasteiger partial charge in [0.15, 0.2) is 0 Å². The Kier molecular flexibility index (Phi) is 1.82. The Morgan fingerprint density at radius 1 is 1.46 bits per heavy atom. The minimum atomic E-state index is 0.0772. The summed E-state index contributed by atoms with van der Waals surface area (Å²) in [6.45, 7) is 0.850. The first kappa shape index (κ1) is 7.93. The molecule has 1 aromatic rings. The lowest BCUT2D eigenvalue weighted by Gasteiger charge is -2.03. The molecule has 1 unspecified atom stereocenters. The standard InChI is InChI=1S/C10H10N2O/c1-13-10-4-2-8(3-5-10)12-7-9(12)6-11/h2-5,9H,7H2,1H3. The summed E-state index contributed by atoms with van der Waals surface area (Å²) in [5.41, 5.74) is 1.09. The van der Waals surface area contributed by atoms with Crippen molar-refractivity contribution in [1.29, 1.82) is 5.26 Å². The van der Waals surface area contributed by atoms with Gasteiger partial charge in [0.25, 0.3) is 0 Å². The topological polar surface area (TPSA) is 36.0 Å². The minimum absolute atomic E-state index is 0.0772. The van der Waals surface area contributed by atoms with Gasteiger partial charge in [-0.25, -0.2) is 0 Å². The largest absolute Gasteiger partial charge is 0.497 e. The van der Waals surface area contributed by atoms with Crippen molar-refractivity contribution in [2.45, 2.75) is 6.04 Å². The van der Waals surface area contributed by atoms with E-state index in [1.807, 2.05) is 29.2 Å². The van der Waals surface area contributed by atoms with Gasteiger partial charge in [-0.3, -0.25) is 0 Å². The van der Waals surface area contributed by atoms with E-state index in [2.05, 4.69) is 6.07 Å². The van der Waals surface area contributed by atoms with Crippen molar-refractivity contribution >= 4 is 5.69 Å². The Balaban J connectivity index is 2.12. The van der Waals surface area contributed by atoms with E-state index in [0.717, 1.165) is 18.0 Å². The third-order valence-corrected chi connectivity index (χ3v) is 2.17. The molecular formula is C10H10N2O. The lowest BCUT2D eigenvalue weighted by atomic mass is 10.3. The summed E-state index contributed by atoms with van der Waals surface area (Å²) in [7, 11) is 1.64. The highest BCUT2D eigenvalue weighted by Gasteiger charge is 2.33. The zero-order valence-electron chi connectivity index (χ0n) is 7.40. The Labute approximate surface area is 77.2 Å². The third kappa shape index (κ3) is 1.43. The van der Waals surface area contributed by atoms with E-state index in [1.165, 1.54) is 0 Å². The molecule has 0 N–H and O–H groups in total. The van der Waals surface area contributed by atoms with E-state index < -0.39 is 0 Å². The average molecular weight is 174 g/mol. The van der Waals surface area contributed by atoms with Gasteiger partial charge in [0.1, 0.15) is 11.8 Å². The molecule has 1 atom stereocenters. The van der Waals surface area contributed by atoms with E-state index in [9.17, 15) is 0 Å². The number of anilines is 1. The molecule has 2 rings (SSSR count). The number of hydrogen-bond donors (Lipinski definition) is 0. The van der Waals surface area contributed by atoms with E-state index in [1.54, 1.807) is 7.11 Å². The number of hydrogen-bond acceptors (Lipinski definition) is 3. The fourth-order valence-corrected chi connectivity index (χ4v) is 1.31. The highest BCUT2D eigenvalue weighted by atomic mass is 16.5. The predicted molar refractivity (Wildman–Crippen MR) is 49.7 cm³/mol. The molecule has 0 radical (unpaired) electrons. The number of methoxy groups -OCH3 is 1. The summed E-state index contributed by atoms with van der Waals surface area (Å²) in [4.78, 5) is 2.04. The molecule has 1 aliphatic rings. The van der Waals surface area contributed by atoms with Crippen LogP contribution in [0.15, 0.2) is 24.3 Å². The number of ether oxygens (including phenoxy) is 1. The zero-order chi connectivity index (χ0) is 9.26. The van der Waals surface area contributed by atoms with Crippen LogP contribution in [-0.2, 0) is 0 Å². The third-order valence-electron chi connectivity index (χ3n) is 2.17. The molecule has 13 heavy (non-hydrogen) atoms. The molecule has 3 nitrogen and oxygen atoms in total. The van der Waals surface area contributed by atoms with Gasteiger partial charge in [-0.1, -0.05) is 0 Å². The molecule has 1 fully saturated rings. The Morgan fingerprint density at radius 2 is 2.15 bits per heavy atom. The first-order valence-electron chi connectivity index (χ1n) is 4.15. The molecule has 0 amide bonds. The van der Waals surface area contributed by atoms with Crippen molar-refractivity contribution in [2.75, 3.05) is 18.6 Å². The Morgan fingerprint density at radius 3 is 2.62 bits per heavy atom. The zero-order valence-corrected chi connectivity index (χ0v) is 7.40. The number of benzene rings is 1. The number of nitriles is 1. The van der Waals surface area contributed by atoms with Crippen LogP contribution in [0.3, 0.4) is 0 Å². The van der Waals surface area contributed by atoms with Crippen LogP contribution in [0.2, 0.25) is 0 Å². The maximum Gasteiger partial charge on any atom is 0.134 e. The van der Waals surface area contributed by atoms with Crippen LogP contribution < -0.4 is 9.64 Å². The van der Waals surface area contributed by atoms with Crippen molar-refractivity contribution in [2.24, 2.45) is 0 Å². The van der Waals surface area contributed by atoms with Crippen LogP contribution >= 0.6 is 0 Å². The molecular weight excluding hydrogens is 164 g/mol. The fraction of sp³-hybridized carbons (Fsp3) is 0.300. The summed E-state index contributed by atoms with van der Waals surface area (Å²) >= 11 is 0. The van der Waals surface area contributed by atoms with Gasteiger partial charge in [0.05, 0.1) is 19.7 Å². The highest BCUT2D eigenvalue weighted by Crippen LogP contribution is 2.28. The van der Waals surface area contributed by atoms with Crippen LogP contribution in [0, 0.1) is 11.3 Å². The van der Waals surface area contributed by atoms with Crippen molar-refractivity contribution in [1.82, 2.24) is 0 Å². The van der Waals surface area contributed by atoms with E-state index >= 15 is 0 Å². The molecule has 0 spiro atoms. The van der Waals surface area contributed by atoms with Crippen molar-refractivity contribution in [3.8, 4) is 11.8 Å². The van der Waals surface area contributed by atoms with E-state index in [4.69, 9.17) is 10.00 Å². The second-order valence-electron chi connectivity index (χ2n) is 3.00. The van der Waals surface area contributed by atoms with Crippen molar-refractivity contribution in [3.63, 3.8) is 0 Å². The molecule has 1 aromatic carbocycles. The van der Waals surface area contributed by atoms with Gasteiger partial charge in [0.2, 0.25) is 0 Å². The molecule has 66 valence electrons. The van der Waals surface area contributed by atoms with Gasteiger partial charge in [0, 0.05) is 5.69 Å². The molecule has 0 bridgehead atoms. The van der Waals surface area contributed by atoms with Crippen LogP contribution in [0.5, 0.6) is 5.75 Å². The Hall–Kier alpha value is -1.69. The van der Waals surface area contributed by atoms with Gasteiger partial charge in [-0.05, 0) is 24.3 Å². The lowest BCUT2D eigenvalue weighted by molar-refractivity contribution is 0.415. The molecule has 1 saturated heterocycles. The molecule has 0 aliphatic carbocycles. The van der Waals surface area contributed by atoms with Crippen molar-refractivity contribution < 1.29 is 4.74 Å². The maximum atomic E-state index is 8.62. The van der Waals surface area contributed by atoms with E-state index in [-0.39, 0.29) is 6.04 Å². The predicted octanol–water partition coefficient (Wildman–Crippen LogP) is 1.41. The summed E-state index contributed by atoms with van der Waals surface area (Å²) in [5, 5.41) is 8.62. The maximum absolute atomic E-state index is 8.62. The second kappa shape index (κ2) is 2.98. The first-order chi connectivity index (χ1) is 6.35. The summed E-state index contributed by atoms with van der Waals surface area (Å²) in [6.07, 6.45) is 0. The summed E-state index contributed by atoms with van der Waals surface area (Å²) in [5.74, 6) is 0.846. The average Bonchev–Trinajstić information content (AvgIpc) is 2.97. The highest BCUT2D eigenvalue weighted by molar-refractivity contribution is 5.57. The smallest absolute Gasteiger partial charge is 0.134 e. The van der Waals surface area contributed by atoms with Crippen LogP contribution in [0.1, 0.15) is 0 Å². The van der Waals surface area contributed by atoms with Gasteiger partial charge >= 0.3 is 0 Å². The SMILES string of the molecule is COc1ccc(N2CC2C#N)cc1. The number of rotatable bonds is 2. The van der Waals surface area contributed by atoms with Crippen LogP contribution in [0.25, 0.3) is 0 Å². The van der Waals surface area contributed by atoms with Crippen LogP contribution in [0.4, 0.5) is 5.69 Å². The van der Waals surface area contributed by atoms with Crippen molar-refractivity contribution in [3.05, 3.63) is 24.3 Å². The van der Waals surface area contributed by atoms with Gasteiger partial charge < -0.3 is 9.64 Å². The second-order valence-corrected chi connectivity index (χ2v) is 3.00. The summed E-state index contributed by atoms with van der Waals surface area (Å²) in [6, 6.07) is 10.0. The normalized spacial score (nSPS) is 19.4. The fourth-order valence-electron chi connectivity index (χ4n) is 1.31. The summed E-state index contributed by atoms with van der Waals surface area (Å²) < 4.78 is 5.04. The molecule has 0 saturated carbocycles. The number of nitrogens with zero attached hydrogens (tertiary/aromatic N) is 2. The van der Waals surface area contributed by atoms with Gasteiger partial charge in [-0.15, -0.1) is 0 Å². The monoisotopic (exact) mass is 174 g/mol. The Bertz CT molecular complexity index is 339. The quantitative estimate of drug-likeness (QED) is 0.636. The van der Waals surface area contributed by atoms with Gasteiger partial charge in [-0.2, -0.15) is 5.26 Å². The molecule has 1 aliphatic heterocycles. The minimum Gasteiger partial charge on any atom is -0.497 e. The molecule has 0 aromatic heterocycles. The van der Waals surface area contributed by atoms with E-state index in [0.29, 0.717) is 0 Å². The van der Waals surface area contributed by atoms with Crippen LogP contribution in [-0.4, -0.2) is 19.7 Å². The first-order valence-corrected chi connectivity index (χ1v) is 4.15. The molecule has 3 heteroatoms. The molecule has 1 heterocycles. The lowest BCUT2D eigenvalue weighted by Crippen LogP contribution is -1.95.